The minimum atomic E-state index is 0.382. The molecule has 0 saturated heterocycles. The molecule has 0 fully saturated rings. The molecular weight excluding hydrogens is 361 g/mol. The highest BCUT2D eigenvalue weighted by Crippen LogP contribution is 2.31. The van der Waals surface area contributed by atoms with Gasteiger partial charge in [-0.1, -0.05) is 29.3 Å². The molecular formula is C14H10BrCl2N3. The highest BCUT2D eigenvalue weighted by atomic mass is 79.9. The van der Waals surface area contributed by atoms with Crippen molar-refractivity contribution in [1.29, 1.82) is 0 Å². The van der Waals surface area contributed by atoms with Gasteiger partial charge in [-0.05, 0) is 40.2 Å². The average Bonchev–Trinajstić information content (AvgIpc) is 2.82. The number of imidazole rings is 1. The smallest absolute Gasteiger partial charge is 0.152 e. The van der Waals surface area contributed by atoms with Gasteiger partial charge in [0.1, 0.15) is 0 Å². The molecule has 3 nitrogen and oxygen atoms in total. The van der Waals surface area contributed by atoms with Crippen molar-refractivity contribution >= 4 is 44.8 Å². The van der Waals surface area contributed by atoms with Crippen LogP contribution in [-0.2, 0) is 6.54 Å². The number of nitrogens with two attached hydrogens (primary N) is 1. The SMILES string of the molecule is NCc1c(-c2ccc(Cl)c(Cl)c2)nc2c(Br)cccn12. The van der Waals surface area contributed by atoms with Gasteiger partial charge in [-0.3, -0.25) is 0 Å². The Morgan fingerprint density at radius 2 is 2.00 bits per heavy atom. The zero-order valence-corrected chi connectivity index (χ0v) is 13.4. The minimum absolute atomic E-state index is 0.382. The topological polar surface area (TPSA) is 43.3 Å². The van der Waals surface area contributed by atoms with Crippen LogP contribution in [0.3, 0.4) is 0 Å². The van der Waals surface area contributed by atoms with Crippen molar-refractivity contribution in [3.63, 3.8) is 0 Å². The van der Waals surface area contributed by atoms with Gasteiger partial charge in [0.15, 0.2) is 5.65 Å². The molecule has 2 heterocycles. The van der Waals surface area contributed by atoms with E-state index in [2.05, 4.69) is 20.9 Å². The summed E-state index contributed by atoms with van der Waals surface area (Å²) in [4.78, 5) is 4.66. The Hall–Kier alpha value is -1.07. The Kier molecular flexibility index (Phi) is 3.73. The molecule has 2 N–H and O–H groups in total. The Labute approximate surface area is 134 Å². The van der Waals surface area contributed by atoms with E-state index in [0.29, 0.717) is 16.6 Å². The van der Waals surface area contributed by atoms with Crippen molar-refractivity contribution in [3.05, 3.63) is 56.7 Å². The summed E-state index contributed by atoms with van der Waals surface area (Å²) in [7, 11) is 0. The lowest BCUT2D eigenvalue weighted by Gasteiger charge is -2.04. The maximum atomic E-state index is 6.08. The zero-order chi connectivity index (χ0) is 14.3. The van der Waals surface area contributed by atoms with Crippen LogP contribution in [0.15, 0.2) is 41.0 Å². The molecule has 102 valence electrons. The maximum Gasteiger partial charge on any atom is 0.152 e. The highest BCUT2D eigenvalue weighted by molar-refractivity contribution is 9.10. The molecule has 6 heteroatoms. The number of hydrogen-bond donors (Lipinski definition) is 1. The number of nitrogens with zero attached hydrogens (tertiary/aromatic N) is 2. The Morgan fingerprint density at radius 1 is 1.20 bits per heavy atom. The van der Waals surface area contributed by atoms with Crippen molar-refractivity contribution in [3.8, 4) is 11.3 Å². The van der Waals surface area contributed by atoms with Gasteiger partial charge in [0.05, 0.1) is 25.9 Å². The van der Waals surface area contributed by atoms with E-state index in [1.807, 2.05) is 28.8 Å². The second kappa shape index (κ2) is 5.37. The zero-order valence-electron chi connectivity index (χ0n) is 10.3. The average molecular weight is 371 g/mol. The number of aromatic nitrogens is 2. The van der Waals surface area contributed by atoms with Crippen LogP contribution in [0.4, 0.5) is 0 Å². The summed E-state index contributed by atoms with van der Waals surface area (Å²) in [5, 5.41) is 1.03. The highest BCUT2D eigenvalue weighted by Gasteiger charge is 2.15. The molecule has 0 aliphatic carbocycles. The predicted molar refractivity (Wildman–Crippen MR) is 86.2 cm³/mol. The first-order valence-electron chi connectivity index (χ1n) is 5.92. The van der Waals surface area contributed by atoms with E-state index >= 15 is 0 Å². The summed E-state index contributed by atoms with van der Waals surface area (Å²) in [5.74, 6) is 0. The van der Waals surface area contributed by atoms with Gasteiger partial charge in [0, 0.05) is 18.3 Å². The summed E-state index contributed by atoms with van der Waals surface area (Å²) in [6, 6.07) is 9.35. The standard InChI is InChI=1S/C14H10BrCl2N3/c15-9-2-1-5-20-12(7-18)13(19-14(9)20)8-3-4-10(16)11(17)6-8/h1-6H,7,18H2. The fourth-order valence-electron chi connectivity index (χ4n) is 2.15. The number of fused-ring (bicyclic) bond motifs is 1. The van der Waals surface area contributed by atoms with Crippen LogP contribution in [0, 0.1) is 0 Å². The summed E-state index contributed by atoms with van der Waals surface area (Å²) in [6.45, 7) is 0.382. The Morgan fingerprint density at radius 3 is 2.70 bits per heavy atom. The first kappa shape index (κ1) is 13.9. The Bertz CT molecular complexity index is 798. The number of pyridine rings is 1. The lowest BCUT2D eigenvalue weighted by atomic mass is 10.1. The molecule has 0 aliphatic rings. The van der Waals surface area contributed by atoms with Crippen molar-refractivity contribution in [2.24, 2.45) is 5.73 Å². The lowest BCUT2D eigenvalue weighted by Crippen LogP contribution is -2.02. The van der Waals surface area contributed by atoms with E-state index in [9.17, 15) is 0 Å². The molecule has 0 atom stereocenters. The lowest BCUT2D eigenvalue weighted by molar-refractivity contribution is 0.960. The van der Waals surface area contributed by atoms with Crippen molar-refractivity contribution in [1.82, 2.24) is 9.38 Å². The van der Waals surface area contributed by atoms with Gasteiger partial charge in [-0.25, -0.2) is 4.98 Å². The third-order valence-corrected chi connectivity index (χ3v) is 4.45. The van der Waals surface area contributed by atoms with Gasteiger partial charge >= 0.3 is 0 Å². The normalized spacial score (nSPS) is 11.2. The van der Waals surface area contributed by atoms with E-state index < -0.39 is 0 Å². The van der Waals surface area contributed by atoms with Gasteiger partial charge in [0.2, 0.25) is 0 Å². The van der Waals surface area contributed by atoms with E-state index in [0.717, 1.165) is 27.1 Å². The van der Waals surface area contributed by atoms with E-state index in [1.165, 1.54) is 0 Å². The van der Waals surface area contributed by atoms with E-state index in [4.69, 9.17) is 28.9 Å². The third kappa shape index (κ3) is 2.23. The number of halogens is 3. The van der Waals surface area contributed by atoms with Crippen molar-refractivity contribution in [2.75, 3.05) is 0 Å². The molecule has 0 amide bonds. The van der Waals surface area contributed by atoms with E-state index in [1.54, 1.807) is 12.1 Å². The fraction of sp³-hybridized carbons (Fsp3) is 0.0714. The second-order valence-corrected chi connectivity index (χ2v) is 5.96. The van der Waals surface area contributed by atoms with Gasteiger partial charge in [-0.15, -0.1) is 0 Å². The van der Waals surface area contributed by atoms with Crippen molar-refractivity contribution in [2.45, 2.75) is 6.54 Å². The largest absolute Gasteiger partial charge is 0.325 e. The second-order valence-electron chi connectivity index (χ2n) is 4.29. The third-order valence-electron chi connectivity index (χ3n) is 3.09. The number of rotatable bonds is 2. The number of benzene rings is 1. The molecule has 0 radical (unpaired) electrons. The molecule has 20 heavy (non-hydrogen) atoms. The predicted octanol–water partition coefficient (Wildman–Crippen LogP) is 4.53. The van der Waals surface area contributed by atoms with Crippen LogP contribution in [-0.4, -0.2) is 9.38 Å². The molecule has 0 unspecified atom stereocenters. The summed E-state index contributed by atoms with van der Waals surface area (Å²) in [5.41, 5.74) is 9.36. The van der Waals surface area contributed by atoms with Crippen LogP contribution < -0.4 is 5.73 Å². The van der Waals surface area contributed by atoms with Crippen LogP contribution in [0.25, 0.3) is 16.9 Å². The number of hydrogen-bond acceptors (Lipinski definition) is 2. The molecule has 1 aromatic carbocycles. The minimum Gasteiger partial charge on any atom is -0.325 e. The van der Waals surface area contributed by atoms with Gasteiger partial charge in [0.25, 0.3) is 0 Å². The summed E-state index contributed by atoms with van der Waals surface area (Å²) in [6.07, 6.45) is 1.94. The molecule has 3 aromatic rings. The maximum absolute atomic E-state index is 6.08. The quantitative estimate of drug-likeness (QED) is 0.720. The molecule has 0 bridgehead atoms. The monoisotopic (exact) mass is 369 g/mol. The van der Waals surface area contributed by atoms with Crippen LogP contribution in [0.1, 0.15) is 5.69 Å². The van der Waals surface area contributed by atoms with Crippen LogP contribution in [0.5, 0.6) is 0 Å². The summed E-state index contributed by atoms with van der Waals surface area (Å²) < 4.78 is 2.89. The molecule has 3 rings (SSSR count). The molecule has 0 aliphatic heterocycles. The Balaban J connectivity index is 2.30. The van der Waals surface area contributed by atoms with Gasteiger partial charge < -0.3 is 10.1 Å². The first-order chi connectivity index (χ1) is 9.61. The van der Waals surface area contributed by atoms with Crippen LogP contribution in [0.2, 0.25) is 10.0 Å². The molecule has 0 spiro atoms. The van der Waals surface area contributed by atoms with Crippen LogP contribution >= 0.6 is 39.1 Å². The molecule has 2 aromatic heterocycles. The van der Waals surface area contributed by atoms with Gasteiger partial charge in [-0.2, -0.15) is 0 Å². The van der Waals surface area contributed by atoms with Crippen molar-refractivity contribution < 1.29 is 0 Å². The summed E-state index contributed by atoms with van der Waals surface area (Å²) >= 11 is 15.5. The molecule has 0 saturated carbocycles. The fourth-order valence-corrected chi connectivity index (χ4v) is 2.88. The first-order valence-corrected chi connectivity index (χ1v) is 7.47. The van der Waals surface area contributed by atoms with E-state index in [-0.39, 0.29) is 0 Å².